The van der Waals surface area contributed by atoms with Crippen LogP contribution in [0.5, 0.6) is 0 Å². The zero-order chi connectivity index (χ0) is 23.3. The number of nitrogens with one attached hydrogen (secondary N) is 2. The van der Waals surface area contributed by atoms with Gasteiger partial charge < -0.3 is 15.7 Å². The van der Waals surface area contributed by atoms with E-state index in [0.717, 1.165) is 23.8 Å². The minimum Gasteiger partial charge on any atom is -0.386 e. The Hall–Kier alpha value is -3.59. The van der Waals surface area contributed by atoms with Crippen molar-refractivity contribution in [2.24, 2.45) is 0 Å². The molecule has 1 heterocycles. The van der Waals surface area contributed by atoms with Gasteiger partial charge in [-0.2, -0.15) is 5.10 Å². The Labute approximate surface area is 184 Å². The summed E-state index contributed by atoms with van der Waals surface area (Å²) in [6.45, 7) is 4.06. The summed E-state index contributed by atoms with van der Waals surface area (Å²) in [4.78, 5) is 24.3. The van der Waals surface area contributed by atoms with Crippen molar-refractivity contribution in [3.8, 4) is 0 Å². The van der Waals surface area contributed by atoms with Gasteiger partial charge in [0, 0.05) is 12.6 Å². The van der Waals surface area contributed by atoms with Crippen LogP contribution in [-0.4, -0.2) is 33.2 Å². The zero-order valence-electron chi connectivity index (χ0n) is 17.7. The lowest BCUT2D eigenvalue weighted by molar-refractivity contribution is -0.136. The fraction of sp³-hybridized carbons (Fsp3) is 0.261. The maximum atomic E-state index is 13.7. The van der Waals surface area contributed by atoms with Crippen LogP contribution in [0.3, 0.4) is 0 Å². The van der Waals surface area contributed by atoms with Gasteiger partial charge in [-0.1, -0.05) is 44.2 Å². The van der Waals surface area contributed by atoms with Crippen molar-refractivity contribution >= 4 is 17.6 Å². The number of hydrogen-bond donors (Lipinski definition) is 3. The van der Waals surface area contributed by atoms with Crippen LogP contribution in [0.1, 0.15) is 42.6 Å². The van der Waals surface area contributed by atoms with Crippen LogP contribution in [0, 0.1) is 11.6 Å². The Morgan fingerprint density at radius 3 is 2.31 bits per heavy atom. The lowest BCUT2D eigenvalue weighted by Crippen LogP contribution is -2.38. The normalized spacial score (nSPS) is 11.9. The van der Waals surface area contributed by atoms with Crippen molar-refractivity contribution < 1.29 is 23.5 Å². The predicted octanol–water partition coefficient (Wildman–Crippen LogP) is 3.12. The summed E-state index contributed by atoms with van der Waals surface area (Å²) in [7, 11) is 0. The van der Waals surface area contributed by atoms with E-state index in [9.17, 15) is 23.5 Å². The van der Waals surface area contributed by atoms with Crippen LogP contribution in [0.25, 0.3) is 0 Å². The second kappa shape index (κ2) is 10.1. The number of anilines is 1. The molecule has 1 aromatic heterocycles. The Morgan fingerprint density at radius 2 is 1.69 bits per heavy atom. The van der Waals surface area contributed by atoms with Gasteiger partial charge in [-0.25, -0.2) is 13.5 Å². The van der Waals surface area contributed by atoms with Crippen molar-refractivity contribution in [3.05, 3.63) is 83.1 Å². The molecular weight excluding hydrogens is 418 g/mol. The van der Waals surface area contributed by atoms with E-state index in [-0.39, 0.29) is 0 Å². The van der Waals surface area contributed by atoms with Gasteiger partial charge in [-0.15, -0.1) is 0 Å². The van der Waals surface area contributed by atoms with E-state index in [1.165, 1.54) is 22.5 Å². The Morgan fingerprint density at radius 1 is 1.03 bits per heavy atom. The second-order valence-corrected chi connectivity index (χ2v) is 7.59. The molecule has 3 aromatic rings. The van der Waals surface area contributed by atoms with Crippen molar-refractivity contribution in [1.82, 2.24) is 15.1 Å². The van der Waals surface area contributed by atoms with Crippen LogP contribution < -0.4 is 10.6 Å². The SMILES string of the molecule is CC(C)c1ccc(Cn2nccc2NC(=O)C(=O)NC[C@H](O)c2c(F)cccc2F)cc1. The molecule has 0 fully saturated rings. The molecule has 3 rings (SSSR count). The predicted molar refractivity (Wildman–Crippen MR) is 115 cm³/mol. The molecule has 1 atom stereocenters. The highest BCUT2D eigenvalue weighted by Crippen LogP contribution is 2.20. The number of halogens is 2. The molecule has 0 aliphatic rings. The molecule has 0 aliphatic carbocycles. The van der Waals surface area contributed by atoms with Gasteiger partial charge >= 0.3 is 11.8 Å². The Balaban J connectivity index is 1.58. The number of aliphatic hydroxyl groups is 1. The molecule has 0 spiro atoms. The van der Waals surface area contributed by atoms with Crippen LogP contribution in [0.2, 0.25) is 0 Å². The third kappa shape index (κ3) is 5.55. The molecule has 2 aromatic carbocycles. The molecule has 0 unspecified atom stereocenters. The van der Waals surface area contributed by atoms with Gasteiger partial charge in [-0.05, 0) is 29.2 Å². The summed E-state index contributed by atoms with van der Waals surface area (Å²) in [6.07, 6.45) is -0.159. The number of rotatable bonds is 7. The Bertz CT molecular complexity index is 1080. The first-order valence-corrected chi connectivity index (χ1v) is 10.1. The number of aliphatic hydroxyl groups excluding tert-OH is 1. The number of amides is 2. The first kappa shape index (κ1) is 23.1. The molecule has 9 heteroatoms. The first-order valence-electron chi connectivity index (χ1n) is 10.1. The zero-order valence-corrected chi connectivity index (χ0v) is 17.7. The van der Waals surface area contributed by atoms with Gasteiger partial charge in [0.2, 0.25) is 0 Å². The number of carbonyl (C=O) groups is 2. The molecular formula is C23H24F2N4O3. The largest absolute Gasteiger partial charge is 0.386 e. The summed E-state index contributed by atoms with van der Waals surface area (Å²) in [6, 6.07) is 12.7. The maximum absolute atomic E-state index is 13.7. The van der Waals surface area contributed by atoms with Gasteiger partial charge in [-0.3, -0.25) is 9.59 Å². The van der Waals surface area contributed by atoms with E-state index in [1.807, 2.05) is 24.3 Å². The lowest BCUT2D eigenvalue weighted by Gasteiger charge is -2.14. The van der Waals surface area contributed by atoms with Gasteiger partial charge in [0.1, 0.15) is 23.6 Å². The number of nitrogens with zero attached hydrogens (tertiary/aromatic N) is 2. The van der Waals surface area contributed by atoms with E-state index in [0.29, 0.717) is 18.3 Å². The smallest absolute Gasteiger partial charge is 0.314 e. The van der Waals surface area contributed by atoms with Gasteiger partial charge in [0.05, 0.1) is 18.3 Å². The Kier molecular flexibility index (Phi) is 7.32. The van der Waals surface area contributed by atoms with E-state index in [1.54, 1.807) is 0 Å². The summed E-state index contributed by atoms with van der Waals surface area (Å²) in [5.74, 6) is -3.23. The number of carbonyl (C=O) groups excluding carboxylic acids is 2. The molecule has 0 saturated carbocycles. The fourth-order valence-corrected chi connectivity index (χ4v) is 3.12. The second-order valence-electron chi connectivity index (χ2n) is 7.59. The first-order chi connectivity index (χ1) is 15.3. The van der Waals surface area contributed by atoms with E-state index in [4.69, 9.17) is 0 Å². The topological polar surface area (TPSA) is 96.2 Å². The summed E-state index contributed by atoms with van der Waals surface area (Å²) in [5.41, 5.74) is 1.60. The summed E-state index contributed by atoms with van der Waals surface area (Å²) >= 11 is 0. The van der Waals surface area contributed by atoms with Crippen molar-refractivity contribution in [3.63, 3.8) is 0 Å². The molecule has 0 bridgehead atoms. The van der Waals surface area contributed by atoms with Crippen LogP contribution in [0.4, 0.5) is 14.6 Å². The molecule has 168 valence electrons. The fourth-order valence-electron chi connectivity index (χ4n) is 3.12. The van der Waals surface area contributed by atoms with Crippen molar-refractivity contribution in [1.29, 1.82) is 0 Å². The number of benzene rings is 2. The summed E-state index contributed by atoms with van der Waals surface area (Å²) in [5, 5.41) is 18.8. The molecule has 3 N–H and O–H groups in total. The molecule has 0 aliphatic heterocycles. The molecule has 32 heavy (non-hydrogen) atoms. The number of aromatic nitrogens is 2. The highest BCUT2D eigenvalue weighted by molar-refractivity contribution is 6.39. The molecule has 2 amide bonds. The monoisotopic (exact) mass is 442 g/mol. The van der Waals surface area contributed by atoms with Crippen molar-refractivity contribution in [2.75, 3.05) is 11.9 Å². The quantitative estimate of drug-likeness (QED) is 0.490. The average Bonchev–Trinajstić information content (AvgIpc) is 3.18. The third-order valence-corrected chi connectivity index (χ3v) is 4.93. The average molecular weight is 442 g/mol. The maximum Gasteiger partial charge on any atom is 0.314 e. The lowest BCUT2D eigenvalue weighted by atomic mass is 10.0. The van der Waals surface area contributed by atoms with Crippen LogP contribution in [0.15, 0.2) is 54.7 Å². The molecule has 7 nitrogen and oxygen atoms in total. The van der Waals surface area contributed by atoms with Crippen molar-refractivity contribution in [2.45, 2.75) is 32.4 Å². The van der Waals surface area contributed by atoms with Gasteiger partial charge in [0.15, 0.2) is 0 Å². The third-order valence-electron chi connectivity index (χ3n) is 4.93. The van der Waals surface area contributed by atoms with E-state index >= 15 is 0 Å². The minimum atomic E-state index is -1.65. The van der Waals surface area contributed by atoms with E-state index < -0.39 is 41.7 Å². The minimum absolute atomic E-state index is 0.304. The standard InChI is InChI=1S/C23H24F2N4O3/c1-14(2)16-8-6-15(7-9-16)13-29-20(10-11-27-29)28-23(32)22(31)26-12-19(30)21-17(24)4-3-5-18(21)25/h3-11,14,19,30H,12-13H2,1-2H3,(H,26,31)(H,28,32)/t19-/m0/s1. The number of hydrogen-bond acceptors (Lipinski definition) is 4. The molecule has 0 radical (unpaired) electrons. The van der Waals surface area contributed by atoms with Gasteiger partial charge in [0.25, 0.3) is 0 Å². The van der Waals surface area contributed by atoms with Crippen LogP contribution >= 0.6 is 0 Å². The highest BCUT2D eigenvalue weighted by atomic mass is 19.1. The molecule has 0 saturated heterocycles. The summed E-state index contributed by atoms with van der Waals surface area (Å²) < 4.78 is 29.0. The van der Waals surface area contributed by atoms with E-state index in [2.05, 4.69) is 29.6 Å². The van der Waals surface area contributed by atoms with Crippen LogP contribution in [-0.2, 0) is 16.1 Å². The highest BCUT2D eigenvalue weighted by Gasteiger charge is 2.21.